The molecule has 2 aliphatic heterocycles. The Labute approximate surface area is 147 Å². The van der Waals surface area contributed by atoms with E-state index in [4.69, 9.17) is 23.7 Å². The fraction of sp³-hybridized carbons (Fsp3) is 0.400. The van der Waals surface area contributed by atoms with E-state index >= 15 is 0 Å². The lowest BCUT2D eigenvalue weighted by molar-refractivity contribution is -0.194. The summed E-state index contributed by atoms with van der Waals surface area (Å²) in [5, 5.41) is 0. The van der Waals surface area contributed by atoms with E-state index < -0.39 is 5.79 Å². The van der Waals surface area contributed by atoms with E-state index in [9.17, 15) is 0 Å². The minimum atomic E-state index is -0.758. The minimum Gasteiger partial charge on any atom is -0.496 e. The molecule has 0 saturated heterocycles. The zero-order chi connectivity index (χ0) is 17.6. The Morgan fingerprint density at radius 2 is 1.72 bits per heavy atom. The molecule has 0 spiro atoms. The number of fused-ring (bicyclic) bond motifs is 2. The molecule has 0 saturated carbocycles. The molecule has 25 heavy (non-hydrogen) atoms. The van der Waals surface area contributed by atoms with E-state index in [2.05, 4.69) is 13.0 Å². The summed E-state index contributed by atoms with van der Waals surface area (Å²) in [5.74, 6) is 2.39. The van der Waals surface area contributed by atoms with Crippen LogP contribution in [0.1, 0.15) is 30.9 Å². The average molecular weight is 342 g/mol. The first kappa shape index (κ1) is 16.1. The van der Waals surface area contributed by atoms with Gasteiger partial charge in [-0.25, -0.2) is 0 Å². The van der Waals surface area contributed by atoms with Gasteiger partial charge in [-0.3, -0.25) is 0 Å². The van der Waals surface area contributed by atoms with Crippen molar-refractivity contribution in [2.75, 3.05) is 21.0 Å². The van der Waals surface area contributed by atoms with Gasteiger partial charge in [-0.15, -0.1) is 0 Å². The van der Waals surface area contributed by atoms with Gasteiger partial charge in [-0.05, 0) is 12.1 Å². The van der Waals surface area contributed by atoms with Gasteiger partial charge in [0.1, 0.15) is 11.5 Å². The van der Waals surface area contributed by atoms with Crippen molar-refractivity contribution in [3.8, 4) is 23.0 Å². The highest BCUT2D eigenvalue weighted by Gasteiger charge is 2.46. The maximum atomic E-state index is 6.23. The van der Waals surface area contributed by atoms with Crippen molar-refractivity contribution < 1.29 is 23.7 Å². The third-order valence-electron chi connectivity index (χ3n) is 5.36. The van der Waals surface area contributed by atoms with Crippen molar-refractivity contribution in [2.45, 2.75) is 25.6 Å². The Morgan fingerprint density at radius 1 is 1.00 bits per heavy atom. The summed E-state index contributed by atoms with van der Waals surface area (Å²) in [5.41, 5.74) is 2.15. The lowest BCUT2D eigenvalue weighted by atomic mass is 9.75. The van der Waals surface area contributed by atoms with Gasteiger partial charge in [0.15, 0.2) is 11.5 Å². The lowest BCUT2D eigenvalue weighted by Gasteiger charge is -2.44. The second-order valence-corrected chi connectivity index (χ2v) is 6.57. The maximum absolute atomic E-state index is 6.23. The van der Waals surface area contributed by atoms with Crippen LogP contribution in [0.5, 0.6) is 23.0 Å². The number of rotatable bonds is 3. The molecule has 4 rings (SSSR count). The molecule has 5 nitrogen and oxygen atoms in total. The van der Waals surface area contributed by atoms with Crippen LogP contribution in [-0.2, 0) is 4.74 Å². The average Bonchev–Trinajstić information content (AvgIpc) is 3.08. The van der Waals surface area contributed by atoms with Crippen molar-refractivity contribution in [1.29, 1.82) is 0 Å². The van der Waals surface area contributed by atoms with Gasteiger partial charge < -0.3 is 23.7 Å². The first-order valence-corrected chi connectivity index (χ1v) is 8.38. The van der Waals surface area contributed by atoms with Gasteiger partial charge in [0, 0.05) is 43.1 Å². The highest BCUT2D eigenvalue weighted by molar-refractivity contribution is 5.57. The van der Waals surface area contributed by atoms with Gasteiger partial charge >= 0.3 is 0 Å². The molecule has 0 aromatic heterocycles. The number of para-hydroxylation sites is 1. The molecule has 0 amide bonds. The molecule has 0 radical (unpaired) electrons. The molecule has 2 aromatic carbocycles. The quantitative estimate of drug-likeness (QED) is 0.845. The summed E-state index contributed by atoms with van der Waals surface area (Å²) in [6.07, 6.45) is 0. The molecule has 0 bridgehead atoms. The summed E-state index contributed by atoms with van der Waals surface area (Å²) in [7, 11) is 3.37. The van der Waals surface area contributed by atoms with E-state index in [0.717, 1.165) is 28.4 Å². The van der Waals surface area contributed by atoms with Gasteiger partial charge in [-0.1, -0.05) is 25.1 Å². The second kappa shape index (κ2) is 5.85. The second-order valence-electron chi connectivity index (χ2n) is 6.57. The predicted molar refractivity (Wildman–Crippen MR) is 92.6 cm³/mol. The van der Waals surface area contributed by atoms with E-state index in [1.54, 1.807) is 14.2 Å². The number of benzene rings is 2. The Morgan fingerprint density at radius 3 is 2.44 bits per heavy atom. The molecule has 2 aliphatic rings. The van der Waals surface area contributed by atoms with Crippen molar-refractivity contribution in [1.82, 2.24) is 0 Å². The number of hydrogen-bond acceptors (Lipinski definition) is 5. The topological polar surface area (TPSA) is 46.2 Å². The molecule has 2 heterocycles. The molecular formula is C20H22O5. The van der Waals surface area contributed by atoms with Crippen LogP contribution in [0.2, 0.25) is 0 Å². The number of hydrogen-bond donors (Lipinski definition) is 0. The van der Waals surface area contributed by atoms with Crippen LogP contribution in [0.15, 0.2) is 36.4 Å². The summed E-state index contributed by atoms with van der Waals surface area (Å²) in [6.45, 7) is 4.33. The molecular weight excluding hydrogens is 320 g/mol. The zero-order valence-electron chi connectivity index (χ0n) is 14.9. The Kier molecular flexibility index (Phi) is 3.76. The molecule has 0 aliphatic carbocycles. The zero-order valence-corrected chi connectivity index (χ0v) is 14.9. The van der Waals surface area contributed by atoms with Crippen molar-refractivity contribution in [2.24, 2.45) is 5.92 Å². The van der Waals surface area contributed by atoms with Crippen LogP contribution < -0.4 is 18.9 Å². The third-order valence-corrected chi connectivity index (χ3v) is 5.36. The van der Waals surface area contributed by atoms with Crippen molar-refractivity contribution in [3.05, 3.63) is 47.5 Å². The molecule has 0 fully saturated rings. The molecule has 0 N–H and O–H groups in total. The van der Waals surface area contributed by atoms with E-state index in [-0.39, 0.29) is 18.6 Å². The standard InChI is InChI=1S/C20H22O5/c1-12-19(13-7-5-6-8-15(13)21-3)14-9-17-18(24-11-23-17)10-16(14)25-20(12,2)22-4/h5-10,12,19H,11H2,1-4H3. The van der Waals surface area contributed by atoms with Gasteiger partial charge in [0.05, 0.1) is 7.11 Å². The molecule has 3 atom stereocenters. The van der Waals surface area contributed by atoms with Gasteiger partial charge in [0.25, 0.3) is 0 Å². The fourth-order valence-corrected chi connectivity index (χ4v) is 3.74. The van der Waals surface area contributed by atoms with Crippen LogP contribution in [0.4, 0.5) is 0 Å². The monoisotopic (exact) mass is 342 g/mol. The van der Waals surface area contributed by atoms with Crippen LogP contribution in [0, 0.1) is 5.92 Å². The lowest BCUT2D eigenvalue weighted by Crippen LogP contribution is -2.47. The van der Waals surface area contributed by atoms with Crippen LogP contribution >= 0.6 is 0 Å². The first-order valence-electron chi connectivity index (χ1n) is 8.38. The predicted octanol–water partition coefficient (Wildman–Crippen LogP) is 3.95. The summed E-state index contributed by atoms with van der Waals surface area (Å²) < 4.78 is 28.7. The number of methoxy groups -OCH3 is 2. The van der Waals surface area contributed by atoms with Gasteiger partial charge in [-0.2, -0.15) is 0 Å². The van der Waals surface area contributed by atoms with Crippen molar-refractivity contribution in [3.63, 3.8) is 0 Å². The van der Waals surface area contributed by atoms with E-state index in [1.165, 1.54) is 0 Å². The minimum absolute atomic E-state index is 0.0411. The Balaban J connectivity index is 1.93. The van der Waals surface area contributed by atoms with Gasteiger partial charge in [0.2, 0.25) is 12.6 Å². The van der Waals surface area contributed by atoms with E-state index in [1.807, 2.05) is 37.3 Å². The molecule has 2 aromatic rings. The van der Waals surface area contributed by atoms with Crippen LogP contribution in [0.25, 0.3) is 0 Å². The SMILES string of the molecule is COc1ccccc1C1c2cc3c(cc2OC(C)(OC)C1C)OCO3. The Hall–Kier alpha value is -2.40. The smallest absolute Gasteiger partial charge is 0.231 e. The normalized spacial score (nSPS) is 26.7. The summed E-state index contributed by atoms with van der Waals surface area (Å²) in [4.78, 5) is 0. The molecule has 3 unspecified atom stereocenters. The van der Waals surface area contributed by atoms with Crippen LogP contribution in [0.3, 0.4) is 0 Å². The number of ether oxygens (including phenoxy) is 5. The largest absolute Gasteiger partial charge is 0.496 e. The Bertz CT molecular complexity index is 803. The van der Waals surface area contributed by atoms with Crippen molar-refractivity contribution >= 4 is 0 Å². The third kappa shape index (κ3) is 2.42. The van der Waals surface area contributed by atoms with Crippen LogP contribution in [-0.4, -0.2) is 26.8 Å². The summed E-state index contributed by atoms with van der Waals surface area (Å²) >= 11 is 0. The fourth-order valence-electron chi connectivity index (χ4n) is 3.74. The summed E-state index contributed by atoms with van der Waals surface area (Å²) in [6, 6.07) is 12.0. The highest BCUT2D eigenvalue weighted by atomic mass is 16.7. The van der Waals surface area contributed by atoms with E-state index in [0.29, 0.717) is 5.75 Å². The maximum Gasteiger partial charge on any atom is 0.231 e. The highest BCUT2D eigenvalue weighted by Crippen LogP contribution is 2.53. The molecule has 5 heteroatoms. The molecule has 132 valence electrons. The first-order chi connectivity index (χ1) is 12.1.